The van der Waals surface area contributed by atoms with Gasteiger partial charge in [-0.15, -0.1) is 15.3 Å². The third-order valence-corrected chi connectivity index (χ3v) is 7.42. The van der Waals surface area contributed by atoms with E-state index in [1.807, 2.05) is 6.20 Å². The van der Waals surface area contributed by atoms with E-state index in [-0.39, 0.29) is 24.3 Å². The van der Waals surface area contributed by atoms with Crippen molar-refractivity contribution >= 4 is 11.9 Å². The smallest absolute Gasteiger partial charge is 0.232 e. The van der Waals surface area contributed by atoms with E-state index in [9.17, 15) is 4.79 Å². The van der Waals surface area contributed by atoms with Crippen LogP contribution in [-0.2, 0) is 43.4 Å². The van der Waals surface area contributed by atoms with Gasteiger partial charge >= 0.3 is 0 Å². The van der Waals surface area contributed by atoms with Crippen molar-refractivity contribution in [1.29, 1.82) is 0 Å². The summed E-state index contributed by atoms with van der Waals surface area (Å²) in [6.45, 7) is 1.07. The lowest BCUT2D eigenvalue weighted by atomic mass is 10.1. The summed E-state index contributed by atoms with van der Waals surface area (Å²) in [5.41, 5.74) is 6.61. The van der Waals surface area contributed by atoms with Gasteiger partial charge in [0.05, 0.1) is 29.5 Å². The Morgan fingerprint density at radius 2 is 1.97 bits per heavy atom. The fraction of sp³-hybridized carbons (Fsp3) is 0.400. The standard InChI is InChI=1S/C25H25N9O2/c35-22(34-8-7-19-20(13-34)30-33-29-19)11-21-31-32-24(36-21)18-6-5-16-12-26-25(28-23(16)18)27-17-9-14-3-1-2-4-15(14)10-17/h1-4,12,17-18H,5-11,13H2,(H,26,27,28)(H,29,30,33)/t18-/m0/s1. The summed E-state index contributed by atoms with van der Waals surface area (Å²) in [4.78, 5) is 24.0. The molecule has 1 amide bonds. The molecule has 1 aromatic carbocycles. The van der Waals surface area contributed by atoms with Crippen molar-refractivity contribution in [3.63, 3.8) is 0 Å². The van der Waals surface area contributed by atoms with Crippen molar-refractivity contribution in [3.8, 4) is 0 Å². The molecule has 2 N–H and O–H groups in total. The Bertz CT molecular complexity index is 1420. The molecule has 0 radical (unpaired) electrons. The van der Waals surface area contributed by atoms with Crippen LogP contribution in [-0.4, -0.2) is 59.0 Å². The summed E-state index contributed by atoms with van der Waals surface area (Å²) < 4.78 is 5.97. The first-order valence-corrected chi connectivity index (χ1v) is 12.4. The van der Waals surface area contributed by atoms with Crippen molar-refractivity contribution in [1.82, 2.24) is 40.5 Å². The third kappa shape index (κ3) is 3.80. The molecule has 1 atom stereocenters. The first kappa shape index (κ1) is 21.2. The van der Waals surface area contributed by atoms with Crippen LogP contribution in [0.1, 0.15) is 57.9 Å². The lowest BCUT2D eigenvalue weighted by Crippen LogP contribution is -2.37. The number of rotatable bonds is 5. The Kier molecular flexibility index (Phi) is 5.00. The van der Waals surface area contributed by atoms with E-state index < -0.39 is 0 Å². The average molecular weight is 484 g/mol. The molecule has 11 nitrogen and oxygen atoms in total. The number of hydrogen-bond donors (Lipinski definition) is 2. The summed E-state index contributed by atoms with van der Waals surface area (Å²) in [7, 11) is 0. The minimum Gasteiger partial charge on any atom is -0.424 e. The number of nitrogens with one attached hydrogen (secondary N) is 2. The molecule has 4 aromatic rings. The average Bonchev–Trinajstić information content (AvgIpc) is 3.68. The number of aromatic nitrogens is 7. The number of carbonyl (C=O) groups is 1. The molecule has 2 aliphatic carbocycles. The van der Waals surface area contributed by atoms with Gasteiger partial charge in [-0.3, -0.25) is 9.89 Å². The fourth-order valence-corrected chi connectivity index (χ4v) is 5.55. The van der Waals surface area contributed by atoms with Crippen molar-refractivity contribution in [2.75, 3.05) is 11.9 Å². The maximum absolute atomic E-state index is 12.8. The van der Waals surface area contributed by atoms with Crippen LogP contribution in [0.4, 0.5) is 5.95 Å². The van der Waals surface area contributed by atoms with Crippen molar-refractivity contribution < 1.29 is 9.21 Å². The number of carbonyl (C=O) groups excluding carboxylic acids is 1. The number of hydrogen-bond acceptors (Lipinski definition) is 9. The summed E-state index contributed by atoms with van der Waals surface area (Å²) in [6, 6.07) is 8.83. The maximum atomic E-state index is 12.8. The minimum atomic E-state index is -0.0886. The van der Waals surface area contributed by atoms with E-state index in [0.717, 1.165) is 48.3 Å². The van der Waals surface area contributed by atoms with Gasteiger partial charge in [0, 0.05) is 25.2 Å². The molecule has 4 heterocycles. The zero-order valence-corrected chi connectivity index (χ0v) is 19.6. The van der Waals surface area contributed by atoms with E-state index >= 15 is 0 Å². The van der Waals surface area contributed by atoms with Crippen molar-refractivity contribution in [3.05, 3.63) is 76.0 Å². The molecule has 1 aliphatic heterocycles. The molecule has 0 saturated carbocycles. The van der Waals surface area contributed by atoms with Crippen LogP contribution in [0.25, 0.3) is 0 Å². The number of benzene rings is 1. The van der Waals surface area contributed by atoms with Gasteiger partial charge in [-0.05, 0) is 42.4 Å². The van der Waals surface area contributed by atoms with Crippen molar-refractivity contribution in [2.24, 2.45) is 0 Å². The fourth-order valence-electron chi connectivity index (χ4n) is 5.55. The molecule has 0 bridgehead atoms. The number of nitrogens with zero attached hydrogens (tertiary/aromatic N) is 7. The van der Waals surface area contributed by atoms with Crippen LogP contribution in [0.2, 0.25) is 0 Å². The Labute approximate surface area is 206 Å². The first-order valence-electron chi connectivity index (χ1n) is 12.4. The second kappa shape index (κ2) is 8.51. The monoisotopic (exact) mass is 483 g/mol. The van der Waals surface area contributed by atoms with E-state index in [0.29, 0.717) is 37.2 Å². The molecule has 7 rings (SSSR count). The molecule has 3 aromatic heterocycles. The van der Waals surface area contributed by atoms with Crippen LogP contribution in [0.5, 0.6) is 0 Å². The van der Waals surface area contributed by atoms with E-state index in [1.54, 1.807) is 4.90 Å². The van der Waals surface area contributed by atoms with Gasteiger partial charge in [-0.1, -0.05) is 29.5 Å². The Balaban J connectivity index is 1.03. The lowest BCUT2D eigenvalue weighted by molar-refractivity contribution is -0.131. The highest BCUT2D eigenvalue weighted by Crippen LogP contribution is 2.36. The maximum Gasteiger partial charge on any atom is 0.232 e. The second-order valence-corrected chi connectivity index (χ2v) is 9.73. The molecular weight excluding hydrogens is 458 g/mol. The van der Waals surface area contributed by atoms with Crippen molar-refractivity contribution in [2.45, 2.75) is 57.0 Å². The molecule has 0 spiro atoms. The van der Waals surface area contributed by atoms with Gasteiger partial charge in [0.15, 0.2) is 0 Å². The molecule has 0 fully saturated rings. The highest BCUT2D eigenvalue weighted by molar-refractivity contribution is 5.78. The van der Waals surface area contributed by atoms with Crippen LogP contribution in [0.15, 0.2) is 34.9 Å². The Hall–Kier alpha value is -4.15. The summed E-state index contributed by atoms with van der Waals surface area (Å²) >= 11 is 0. The number of anilines is 1. The second-order valence-electron chi connectivity index (χ2n) is 9.73. The van der Waals surface area contributed by atoms with Gasteiger partial charge in [-0.2, -0.15) is 0 Å². The summed E-state index contributed by atoms with van der Waals surface area (Å²) in [6.07, 6.45) is 6.30. The molecular formula is C25H25N9O2. The molecule has 0 unspecified atom stereocenters. The summed E-state index contributed by atoms with van der Waals surface area (Å²) in [5, 5.41) is 22.7. The van der Waals surface area contributed by atoms with Crippen LogP contribution in [0.3, 0.4) is 0 Å². The minimum absolute atomic E-state index is 0.0522. The predicted molar refractivity (Wildman–Crippen MR) is 127 cm³/mol. The largest absolute Gasteiger partial charge is 0.424 e. The van der Waals surface area contributed by atoms with Gasteiger partial charge < -0.3 is 14.6 Å². The van der Waals surface area contributed by atoms with Gasteiger partial charge in [0.1, 0.15) is 6.42 Å². The predicted octanol–water partition coefficient (Wildman–Crippen LogP) is 1.76. The third-order valence-electron chi connectivity index (χ3n) is 7.42. The van der Waals surface area contributed by atoms with Crippen LogP contribution < -0.4 is 5.32 Å². The highest BCUT2D eigenvalue weighted by Gasteiger charge is 2.32. The molecule has 3 aliphatic rings. The van der Waals surface area contributed by atoms with E-state index in [2.05, 4.69) is 60.2 Å². The normalized spacial score (nSPS) is 18.7. The molecule has 0 saturated heterocycles. The first-order chi connectivity index (χ1) is 17.7. The van der Waals surface area contributed by atoms with Crippen LogP contribution in [0, 0.1) is 0 Å². The van der Waals surface area contributed by atoms with Gasteiger partial charge in [-0.25, -0.2) is 9.97 Å². The van der Waals surface area contributed by atoms with E-state index in [4.69, 9.17) is 9.40 Å². The number of aryl methyl sites for hydroxylation is 1. The van der Waals surface area contributed by atoms with E-state index in [1.165, 1.54) is 11.1 Å². The number of H-pyrrole nitrogens is 1. The quantitative estimate of drug-likeness (QED) is 0.435. The number of aromatic amines is 1. The summed E-state index contributed by atoms with van der Waals surface area (Å²) in [5.74, 6) is 1.32. The molecule has 182 valence electrons. The molecule has 36 heavy (non-hydrogen) atoms. The van der Waals surface area contributed by atoms with Gasteiger partial charge in [0.2, 0.25) is 23.6 Å². The lowest BCUT2D eigenvalue weighted by Gasteiger charge is -2.25. The Morgan fingerprint density at radius 3 is 2.83 bits per heavy atom. The number of fused-ring (bicyclic) bond motifs is 3. The number of amides is 1. The van der Waals surface area contributed by atoms with Gasteiger partial charge in [0.25, 0.3) is 0 Å². The SMILES string of the molecule is O=C(Cc1nnc([C@H]2CCc3cnc(NC4Cc5ccccc5C4)nc32)o1)N1CCc2nn[nH]c2C1. The zero-order valence-electron chi connectivity index (χ0n) is 19.6. The van der Waals surface area contributed by atoms with Crippen LogP contribution >= 0.6 is 0 Å². The molecule has 11 heteroatoms. The Morgan fingerprint density at radius 1 is 1.11 bits per heavy atom. The topological polar surface area (TPSA) is 139 Å². The zero-order chi connectivity index (χ0) is 24.1. The highest BCUT2D eigenvalue weighted by atomic mass is 16.4.